The molecule has 0 aliphatic heterocycles. The van der Waals surface area contributed by atoms with E-state index < -0.39 is 16.0 Å². The van der Waals surface area contributed by atoms with Gasteiger partial charge in [0.05, 0.1) is 10.5 Å². The number of nitrogens with one attached hydrogen (secondary N) is 2. The highest BCUT2D eigenvalue weighted by atomic mass is 32.2. The van der Waals surface area contributed by atoms with Gasteiger partial charge in [-0.2, -0.15) is 0 Å². The molecule has 1 aromatic rings. The van der Waals surface area contributed by atoms with Crippen LogP contribution in [-0.2, 0) is 10.0 Å². The van der Waals surface area contributed by atoms with Crippen molar-refractivity contribution < 1.29 is 18.3 Å². The number of aromatic carboxylic acids is 1. The van der Waals surface area contributed by atoms with Crippen LogP contribution in [0.1, 0.15) is 17.3 Å². The first-order valence-corrected chi connectivity index (χ1v) is 6.45. The zero-order valence-electron chi connectivity index (χ0n) is 9.52. The van der Waals surface area contributed by atoms with Crippen molar-refractivity contribution in [3.8, 4) is 0 Å². The second-order valence-corrected chi connectivity index (χ2v) is 5.03. The van der Waals surface area contributed by atoms with Gasteiger partial charge in [-0.05, 0) is 18.2 Å². The molecule has 0 saturated heterocycles. The third-order valence-corrected chi connectivity index (χ3v) is 3.68. The van der Waals surface area contributed by atoms with Crippen LogP contribution >= 0.6 is 0 Å². The van der Waals surface area contributed by atoms with Crippen LogP contribution in [0.5, 0.6) is 0 Å². The predicted octanol–water partition coefficient (Wildman–Crippen LogP) is 0.725. The Balaban J connectivity index is 3.31. The molecule has 0 bridgehead atoms. The van der Waals surface area contributed by atoms with Crippen molar-refractivity contribution in [1.82, 2.24) is 4.72 Å². The largest absolute Gasteiger partial charge is 0.478 e. The third kappa shape index (κ3) is 2.95. The quantitative estimate of drug-likeness (QED) is 0.723. The number of carboxylic acid groups (broad SMARTS) is 1. The lowest BCUT2D eigenvalue weighted by atomic mass is 10.2. The number of hydrogen-bond acceptors (Lipinski definition) is 4. The first kappa shape index (κ1) is 13.5. The molecule has 0 amide bonds. The highest BCUT2D eigenvalue weighted by Crippen LogP contribution is 2.20. The summed E-state index contributed by atoms with van der Waals surface area (Å²) in [6, 6.07) is 3.91. The Morgan fingerprint density at radius 1 is 1.41 bits per heavy atom. The minimum atomic E-state index is -3.63. The van der Waals surface area contributed by atoms with E-state index in [1.807, 2.05) is 0 Å². The molecule has 0 unspecified atom stereocenters. The van der Waals surface area contributed by atoms with Crippen LogP contribution in [0.3, 0.4) is 0 Å². The van der Waals surface area contributed by atoms with E-state index in [0.29, 0.717) is 5.69 Å². The van der Waals surface area contributed by atoms with E-state index in [9.17, 15) is 13.2 Å². The maximum Gasteiger partial charge on any atom is 0.337 e. The summed E-state index contributed by atoms with van der Waals surface area (Å²) in [6.45, 7) is 1.90. The fourth-order valence-corrected chi connectivity index (χ4v) is 2.43. The molecule has 0 aliphatic rings. The normalized spacial score (nSPS) is 11.2. The van der Waals surface area contributed by atoms with Crippen molar-refractivity contribution in [1.29, 1.82) is 0 Å². The lowest BCUT2D eigenvalue weighted by molar-refractivity contribution is 0.0697. The predicted molar refractivity (Wildman–Crippen MR) is 63.8 cm³/mol. The Hall–Kier alpha value is -1.60. The summed E-state index contributed by atoms with van der Waals surface area (Å²) < 4.78 is 25.7. The Morgan fingerprint density at radius 3 is 2.53 bits per heavy atom. The molecular formula is C10H14N2O4S. The maximum atomic E-state index is 11.7. The molecular weight excluding hydrogens is 244 g/mol. The van der Waals surface area contributed by atoms with E-state index in [0.717, 1.165) is 6.07 Å². The van der Waals surface area contributed by atoms with Crippen LogP contribution < -0.4 is 10.0 Å². The second-order valence-electron chi connectivity index (χ2n) is 3.26. The fourth-order valence-electron chi connectivity index (χ4n) is 1.36. The van der Waals surface area contributed by atoms with Crippen molar-refractivity contribution in [3.05, 3.63) is 23.8 Å². The Morgan fingerprint density at radius 2 is 2.06 bits per heavy atom. The molecule has 0 saturated carbocycles. The molecule has 1 rings (SSSR count). The number of carboxylic acids is 1. The SMILES string of the molecule is CCNS(=O)(=O)c1ccc(NC)c(C(=O)O)c1. The van der Waals surface area contributed by atoms with Crippen molar-refractivity contribution in [2.45, 2.75) is 11.8 Å². The van der Waals surface area contributed by atoms with Crippen molar-refractivity contribution in [2.75, 3.05) is 18.9 Å². The average molecular weight is 258 g/mol. The topological polar surface area (TPSA) is 95.5 Å². The molecule has 0 radical (unpaired) electrons. The zero-order valence-corrected chi connectivity index (χ0v) is 10.3. The fraction of sp³-hybridized carbons (Fsp3) is 0.300. The van der Waals surface area contributed by atoms with Crippen molar-refractivity contribution in [2.24, 2.45) is 0 Å². The number of carbonyl (C=O) groups is 1. The molecule has 0 aliphatic carbocycles. The molecule has 6 nitrogen and oxygen atoms in total. The third-order valence-electron chi connectivity index (χ3n) is 2.14. The van der Waals surface area contributed by atoms with Crippen LogP contribution in [0.15, 0.2) is 23.1 Å². The van der Waals surface area contributed by atoms with Crippen LogP contribution in [0.25, 0.3) is 0 Å². The molecule has 94 valence electrons. The van der Waals surface area contributed by atoms with Crippen LogP contribution in [0.4, 0.5) is 5.69 Å². The summed E-state index contributed by atoms with van der Waals surface area (Å²) in [4.78, 5) is 10.9. The minimum Gasteiger partial charge on any atom is -0.478 e. The van der Waals surface area contributed by atoms with Crippen molar-refractivity contribution in [3.63, 3.8) is 0 Å². The van der Waals surface area contributed by atoms with Gasteiger partial charge in [0.15, 0.2) is 0 Å². The summed E-state index contributed by atoms with van der Waals surface area (Å²) in [5, 5.41) is 11.7. The van der Waals surface area contributed by atoms with E-state index in [4.69, 9.17) is 5.11 Å². The number of anilines is 1. The standard InChI is InChI=1S/C10H14N2O4S/c1-3-12-17(15,16)7-4-5-9(11-2)8(6-7)10(13)14/h4-6,11-12H,3H2,1-2H3,(H,13,14). The van der Waals surface area contributed by atoms with Gasteiger partial charge >= 0.3 is 5.97 Å². The van der Waals surface area contributed by atoms with Crippen LogP contribution in [0, 0.1) is 0 Å². The Labute approximate surface area is 99.7 Å². The summed E-state index contributed by atoms with van der Waals surface area (Å²) in [5.41, 5.74) is 0.291. The zero-order chi connectivity index (χ0) is 13.1. The minimum absolute atomic E-state index is 0.0595. The van der Waals surface area contributed by atoms with E-state index in [2.05, 4.69) is 10.0 Å². The van der Waals surface area contributed by atoms with Crippen LogP contribution in [0.2, 0.25) is 0 Å². The van der Waals surface area contributed by atoms with Gasteiger partial charge in [-0.1, -0.05) is 6.92 Å². The Kier molecular flexibility index (Phi) is 4.08. The molecule has 0 spiro atoms. The second kappa shape index (κ2) is 5.15. The van der Waals surface area contributed by atoms with Gasteiger partial charge in [0.25, 0.3) is 0 Å². The van der Waals surface area contributed by atoms with Gasteiger partial charge < -0.3 is 10.4 Å². The Bertz CT molecular complexity index is 525. The van der Waals surface area contributed by atoms with Gasteiger partial charge in [-0.15, -0.1) is 0 Å². The van der Waals surface area contributed by atoms with Gasteiger partial charge in [0.1, 0.15) is 0 Å². The molecule has 17 heavy (non-hydrogen) atoms. The van der Waals surface area contributed by atoms with Gasteiger partial charge in [-0.3, -0.25) is 0 Å². The lowest BCUT2D eigenvalue weighted by Gasteiger charge is -2.09. The molecule has 3 N–H and O–H groups in total. The summed E-state index contributed by atoms with van der Waals surface area (Å²) in [5.74, 6) is -1.18. The molecule has 1 aromatic carbocycles. The first-order valence-electron chi connectivity index (χ1n) is 4.97. The lowest BCUT2D eigenvalue weighted by Crippen LogP contribution is -2.23. The summed E-state index contributed by atoms with van der Waals surface area (Å²) in [7, 11) is -2.06. The van der Waals surface area contributed by atoms with E-state index in [-0.39, 0.29) is 17.0 Å². The van der Waals surface area contributed by atoms with E-state index in [1.165, 1.54) is 12.1 Å². The first-order chi connectivity index (χ1) is 7.92. The van der Waals surface area contributed by atoms with Crippen LogP contribution in [-0.4, -0.2) is 33.1 Å². The number of benzene rings is 1. The highest BCUT2D eigenvalue weighted by Gasteiger charge is 2.17. The molecule has 0 atom stereocenters. The summed E-state index contributed by atoms with van der Waals surface area (Å²) >= 11 is 0. The van der Waals surface area contributed by atoms with Crippen molar-refractivity contribution >= 4 is 21.7 Å². The van der Waals surface area contributed by atoms with Gasteiger partial charge in [0.2, 0.25) is 10.0 Å². The van der Waals surface area contributed by atoms with Gasteiger partial charge in [0, 0.05) is 19.3 Å². The monoisotopic (exact) mass is 258 g/mol. The molecule has 7 heteroatoms. The highest BCUT2D eigenvalue weighted by molar-refractivity contribution is 7.89. The molecule has 0 heterocycles. The molecule has 0 aromatic heterocycles. The number of rotatable bonds is 5. The number of sulfonamides is 1. The van der Waals surface area contributed by atoms with E-state index in [1.54, 1.807) is 14.0 Å². The smallest absolute Gasteiger partial charge is 0.337 e. The maximum absolute atomic E-state index is 11.7. The summed E-state index contributed by atoms with van der Waals surface area (Å²) in [6.07, 6.45) is 0. The van der Waals surface area contributed by atoms with Gasteiger partial charge in [-0.25, -0.2) is 17.9 Å². The van der Waals surface area contributed by atoms with E-state index >= 15 is 0 Å². The average Bonchev–Trinajstić information content (AvgIpc) is 2.28. The number of hydrogen-bond donors (Lipinski definition) is 3. The molecule has 0 fully saturated rings.